The van der Waals surface area contributed by atoms with Gasteiger partial charge >= 0.3 is 5.97 Å². The average Bonchev–Trinajstić information content (AvgIpc) is 2.26. The lowest BCUT2D eigenvalue weighted by atomic mass is 10.1. The number of carbonyl (C=O) groups is 1. The predicted octanol–water partition coefficient (Wildman–Crippen LogP) is 2.76. The van der Waals surface area contributed by atoms with Gasteiger partial charge in [0, 0.05) is 13.1 Å². The van der Waals surface area contributed by atoms with E-state index in [1.54, 1.807) is 11.9 Å². The van der Waals surface area contributed by atoms with Crippen molar-refractivity contribution in [3.05, 3.63) is 29.6 Å². The molecule has 1 atom stereocenters. The topological polar surface area (TPSA) is 40.5 Å². The Morgan fingerprint density at radius 1 is 1.56 bits per heavy atom. The molecule has 1 unspecified atom stereocenters. The molecule has 0 spiro atoms. The van der Waals surface area contributed by atoms with E-state index in [9.17, 15) is 9.18 Å². The zero-order valence-corrected chi connectivity index (χ0v) is 9.70. The molecule has 0 aromatic heterocycles. The molecule has 0 saturated carbocycles. The zero-order valence-electron chi connectivity index (χ0n) is 9.70. The van der Waals surface area contributed by atoms with Gasteiger partial charge in [-0.05, 0) is 25.5 Å². The summed E-state index contributed by atoms with van der Waals surface area (Å²) in [5.74, 6) is -1.60. The number of benzene rings is 1. The van der Waals surface area contributed by atoms with Crippen LogP contribution in [0.3, 0.4) is 0 Å². The van der Waals surface area contributed by atoms with Gasteiger partial charge in [0.2, 0.25) is 0 Å². The first-order valence-electron chi connectivity index (χ1n) is 5.23. The Balaban J connectivity index is 3.24. The lowest BCUT2D eigenvalue weighted by Crippen LogP contribution is -2.30. The Morgan fingerprint density at radius 3 is 2.69 bits per heavy atom. The minimum Gasteiger partial charge on any atom is -0.478 e. The molecule has 0 fully saturated rings. The van der Waals surface area contributed by atoms with E-state index in [-0.39, 0.29) is 17.3 Å². The summed E-state index contributed by atoms with van der Waals surface area (Å²) in [6.07, 6.45) is 0.823. The fourth-order valence-electron chi connectivity index (χ4n) is 1.54. The highest BCUT2D eigenvalue weighted by Crippen LogP contribution is 2.25. The van der Waals surface area contributed by atoms with Crippen LogP contribution in [-0.4, -0.2) is 24.2 Å². The molecule has 0 radical (unpaired) electrons. The number of halogens is 1. The first-order valence-corrected chi connectivity index (χ1v) is 5.23. The van der Waals surface area contributed by atoms with Crippen molar-refractivity contribution in [2.24, 2.45) is 0 Å². The van der Waals surface area contributed by atoms with Gasteiger partial charge < -0.3 is 10.0 Å². The molecular weight excluding hydrogens is 209 g/mol. The number of nitrogens with zero attached hydrogens (tertiary/aromatic N) is 1. The molecule has 16 heavy (non-hydrogen) atoms. The number of carboxylic acid groups (broad SMARTS) is 1. The highest BCUT2D eigenvalue weighted by atomic mass is 19.1. The van der Waals surface area contributed by atoms with E-state index in [4.69, 9.17) is 5.11 Å². The number of rotatable bonds is 4. The molecule has 0 heterocycles. The normalized spacial score (nSPS) is 12.2. The third kappa shape index (κ3) is 2.32. The lowest BCUT2D eigenvalue weighted by Gasteiger charge is -2.27. The number of para-hydroxylation sites is 1. The second-order valence-corrected chi connectivity index (χ2v) is 3.81. The van der Waals surface area contributed by atoms with E-state index < -0.39 is 11.8 Å². The molecule has 1 N–H and O–H groups in total. The molecule has 0 aliphatic rings. The summed E-state index contributed by atoms with van der Waals surface area (Å²) in [5.41, 5.74) is 0.159. The highest BCUT2D eigenvalue weighted by Gasteiger charge is 2.20. The molecule has 0 aliphatic heterocycles. The van der Waals surface area contributed by atoms with Crippen LogP contribution in [0.25, 0.3) is 0 Å². The van der Waals surface area contributed by atoms with E-state index in [0.29, 0.717) is 0 Å². The molecule has 0 bridgehead atoms. The minimum absolute atomic E-state index is 0.00259. The van der Waals surface area contributed by atoms with Crippen LogP contribution < -0.4 is 4.90 Å². The van der Waals surface area contributed by atoms with E-state index in [1.807, 2.05) is 13.8 Å². The van der Waals surface area contributed by atoms with Crippen molar-refractivity contribution < 1.29 is 14.3 Å². The minimum atomic E-state index is -1.11. The standard InChI is InChI=1S/C12H16FNO2/c1-4-8(2)14(3)11-9(12(15)16)6-5-7-10(11)13/h5-8H,4H2,1-3H3,(H,15,16). The second kappa shape index (κ2) is 4.96. The van der Waals surface area contributed by atoms with Crippen LogP contribution in [0.1, 0.15) is 30.6 Å². The lowest BCUT2D eigenvalue weighted by molar-refractivity contribution is 0.0697. The third-order valence-corrected chi connectivity index (χ3v) is 2.82. The molecule has 88 valence electrons. The Kier molecular flexibility index (Phi) is 3.88. The summed E-state index contributed by atoms with van der Waals surface area (Å²) in [7, 11) is 1.71. The summed E-state index contributed by atoms with van der Waals surface area (Å²) >= 11 is 0. The molecule has 1 aromatic rings. The quantitative estimate of drug-likeness (QED) is 0.856. The maximum Gasteiger partial charge on any atom is 0.337 e. The van der Waals surface area contributed by atoms with E-state index in [1.165, 1.54) is 18.2 Å². The third-order valence-electron chi connectivity index (χ3n) is 2.82. The summed E-state index contributed by atoms with van der Waals surface area (Å²) in [6, 6.07) is 4.20. The zero-order chi connectivity index (χ0) is 12.3. The van der Waals surface area contributed by atoms with Crippen molar-refractivity contribution in [2.45, 2.75) is 26.3 Å². The van der Waals surface area contributed by atoms with Gasteiger partial charge in [-0.2, -0.15) is 0 Å². The Labute approximate surface area is 94.5 Å². The second-order valence-electron chi connectivity index (χ2n) is 3.81. The fourth-order valence-corrected chi connectivity index (χ4v) is 1.54. The van der Waals surface area contributed by atoms with Crippen LogP contribution >= 0.6 is 0 Å². The van der Waals surface area contributed by atoms with Gasteiger partial charge in [0.15, 0.2) is 0 Å². The van der Waals surface area contributed by atoms with Gasteiger partial charge in [-0.15, -0.1) is 0 Å². The van der Waals surface area contributed by atoms with Crippen molar-refractivity contribution in [1.29, 1.82) is 0 Å². The fraction of sp³-hybridized carbons (Fsp3) is 0.417. The van der Waals surface area contributed by atoms with Crippen molar-refractivity contribution in [3.63, 3.8) is 0 Å². The van der Waals surface area contributed by atoms with Crippen LogP contribution in [0.2, 0.25) is 0 Å². The van der Waals surface area contributed by atoms with Gasteiger partial charge in [-0.3, -0.25) is 0 Å². The first kappa shape index (κ1) is 12.5. The summed E-state index contributed by atoms with van der Waals surface area (Å²) in [6.45, 7) is 3.90. The SMILES string of the molecule is CCC(C)N(C)c1c(F)cccc1C(=O)O. The van der Waals surface area contributed by atoms with Gasteiger partial charge in [0.05, 0.1) is 11.3 Å². The molecule has 1 rings (SSSR count). The Morgan fingerprint density at radius 2 is 2.19 bits per heavy atom. The van der Waals surface area contributed by atoms with E-state index >= 15 is 0 Å². The summed E-state index contributed by atoms with van der Waals surface area (Å²) in [4.78, 5) is 12.7. The van der Waals surface area contributed by atoms with Gasteiger partial charge in [-0.1, -0.05) is 13.0 Å². The van der Waals surface area contributed by atoms with Gasteiger partial charge in [-0.25, -0.2) is 9.18 Å². The van der Waals surface area contributed by atoms with Crippen LogP contribution in [0, 0.1) is 5.82 Å². The molecule has 0 saturated heterocycles. The molecule has 0 amide bonds. The molecular formula is C12H16FNO2. The van der Waals surface area contributed by atoms with Crippen LogP contribution in [0.4, 0.5) is 10.1 Å². The number of carboxylic acids is 1. The summed E-state index contributed by atoms with van der Waals surface area (Å²) < 4.78 is 13.7. The molecule has 3 nitrogen and oxygen atoms in total. The maximum absolute atomic E-state index is 13.7. The maximum atomic E-state index is 13.7. The van der Waals surface area contributed by atoms with E-state index in [2.05, 4.69) is 0 Å². The Hall–Kier alpha value is -1.58. The number of aromatic carboxylic acids is 1. The predicted molar refractivity (Wildman–Crippen MR) is 61.5 cm³/mol. The van der Waals surface area contributed by atoms with Crippen LogP contribution in [-0.2, 0) is 0 Å². The van der Waals surface area contributed by atoms with Crippen molar-refractivity contribution in [2.75, 3.05) is 11.9 Å². The molecule has 4 heteroatoms. The first-order chi connectivity index (χ1) is 7.49. The van der Waals surface area contributed by atoms with Crippen LogP contribution in [0.5, 0.6) is 0 Å². The number of hydrogen-bond acceptors (Lipinski definition) is 2. The molecule has 1 aromatic carbocycles. The van der Waals surface area contributed by atoms with Crippen molar-refractivity contribution in [1.82, 2.24) is 0 Å². The molecule has 0 aliphatic carbocycles. The largest absolute Gasteiger partial charge is 0.478 e. The van der Waals surface area contributed by atoms with Crippen LogP contribution in [0.15, 0.2) is 18.2 Å². The van der Waals surface area contributed by atoms with E-state index in [0.717, 1.165) is 6.42 Å². The van der Waals surface area contributed by atoms with Gasteiger partial charge in [0.1, 0.15) is 5.82 Å². The number of hydrogen-bond donors (Lipinski definition) is 1. The average molecular weight is 225 g/mol. The highest BCUT2D eigenvalue weighted by molar-refractivity contribution is 5.94. The number of anilines is 1. The van der Waals surface area contributed by atoms with Gasteiger partial charge in [0.25, 0.3) is 0 Å². The monoisotopic (exact) mass is 225 g/mol. The summed E-state index contributed by atoms with van der Waals surface area (Å²) in [5, 5.41) is 9.00. The van der Waals surface area contributed by atoms with Crippen molar-refractivity contribution >= 4 is 11.7 Å². The Bertz CT molecular complexity index is 393. The van der Waals surface area contributed by atoms with Crippen molar-refractivity contribution in [3.8, 4) is 0 Å². The smallest absolute Gasteiger partial charge is 0.337 e.